The Balaban J connectivity index is 2.47. The molecule has 0 saturated carbocycles. The van der Waals surface area contributed by atoms with Gasteiger partial charge in [0.2, 0.25) is 0 Å². The largest absolute Gasteiger partial charge is 0.308 e. The predicted molar refractivity (Wildman–Crippen MR) is 63.5 cm³/mol. The first-order valence-corrected chi connectivity index (χ1v) is 5.87. The van der Waals surface area contributed by atoms with E-state index in [4.69, 9.17) is 5.84 Å². The van der Waals surface area contributed by atoms with Crippen molar-refractivity contribution in [3.8, 4) is 5.82 Å². The smallest absolute Gasteiger partial charge is 0.191 e. The van der Waals surface area contributed by atoms with E-state index >= 15 is 0 Å². The van der Waals surface area contributed by atoms with E-state index in [2.05, 4.69) is 20.5 Å². The Kier molecular flexibility index (Phi) is 3.07. The summed E-state index contributed by atoms with van der Waals surface area (Å²) < 4.78 is 1.69. The molecule has 0 spiro atoms. The van der Waals surface area contributed by atoms with Crippen molar-refractivity contribution in [1.29, 1.82) is 0 Å². The summed E-state index contributed by atoms with van der Waals surface area (Å²) in [4.78, 5) is 8.52. The Morgan fingerprint density at radius 2 is 2.25 bits per heavy atom. The van der Waals surface area contributed by atoms with Crippen molar-refractivity contribution >= 4 is 17.6 Å². The van der Waals surface area contributed by atoms with Gasteiger partial charge in [0, 0.05) is 12.3 Å². The fourth-order valence-electron chi connectivity index (χ4n) is 1.24. The van der Waals surface area contributed by atoms with E-state index in [0.29, 0.717) is 16.8 Å². The standard InChI is InChI=1S/C9H12N6S/c1-6-3-4-15(14-6)8-5-7(13-10)11-9(12-8)16-2/h3-5H,10H2,1-2H3,(H,11,12,13). The second kappa shape index (κ2) is 4.50. The molecular weight excluding hydrogens is 224 g/mol. The summed E-state index contributed by atoms with van der Waals surface area (Å²) in [5.74, 6) is 6.61. The number of hydrogen-bond donors (Lipinski definition) is 2. The van der Waals surface area contributed by atoms with Gasteiger partial charge in [-0.1, -0.05) is 11.8 Å². The molecule has 0 aliphatic heterocycles. The molecule has 0 fully saturated rings. The van der Waals surface area contributed by atoms with E-state index < -0.39 is 0 Å². The van der Waals surface area contributed by atoms with Crippen LogP contribution in [-0.4, -0.2) is 26.0 Å². The minimum atomic E-state index is 0.572. The fourth-order valence-corrected chi connectivity index (χ4v) is 1.61. The average molecular weight is 236 g/mol. The summed E-state index contributed by atoms with van der Waals surface area (Å²) >= 11 is 1.46. The molecule has 0 amide bonds. The monoisotopic (exact) mass is 236 g/mol. The molecule has 0 unspecified atom stereocenters. The third-order valence-electron chi connectivity index (χ3n) is 1.98. The van der Waals surface area contributed by atoms with Gasteiger partial charge in [0.1, 0.15) is 5.82 Å². The number of nitrogens with two attached hydrogens (primary N) is 1. The van der Waals surface area contributed by atoms with Gasteiger partial charge in [0.05, 0.1) is 5.69 Å². The van der Waals surface area contributed by atoms with Crippen LogP contribution in [0.1, 0.15) is 5.69 Å². The number of aromatic nitrogens is 4. The summed E-state index contributed by atoms with van der Waals surface area (Å²) in [6.45, 7) is 1.93. The van der Waals surface area contributed by atoms with E-state index in [9.17, 15) is 0 Å². The molecular formula is C9H12N6S. The lowest BCUT2D eigenvalue weighted by Gasteiger charge is -2.05. The number of nitrogens with zero attached hydrogens (tertiary/aromatic N) is 4. The zero-order valence-electron chi connectivity index (χ0n) is 9.01. The molecule has 2 rings (SSSR count). The normalized spacial score (nSPS) is 10.4. The summed E-state index contributed by atoms with van der Waals surface area (Å²) in [5, 5.41) is 4.93. The van der Waals surface area contributed by atoms with Gasteiger partial charge < -0.3 is 5.43 Å². The average Bonchev–Trinajstić information content (AvgIpc) is 2.75. The number of aryl methyl sites for hydroxylation is 1. The minimum Gasteiger partial charge on any atom is -0.308 e. The van der Waals surface area contributed by atoms with Crippen LogP contribution in [0.5, 0.6) is 0 Å². The molecule has 0 aromatic carbocycles. The molecule has 0 saturated heterocycles. The molecule has 0 radical (unpaired) electrons. The second-order valence-corrected chi connectivity index (χ2v) is 3.92. The molecule has 0 atom stereocenters. The van der Waals surface area contributed by atoms with Crippen molar-refractivity contribution in [2.45, 2.75) is 12.1 Å². The van der Waals surface area contributed by atoms with Crippen molar-refractivity contribution in [2.24, 2.45) is 5.84 Å². The molecule has 7 heteroatoms. The first-order valence-electron chi connectivity index (χ1n) is 4.65. The number of hydrogen-bond acceptors (Lipinski definition) is 6. The Bertz CT molecular complexity index is 472. The molecule has 2 aromatic rings. The lowest BCUT2D eigenvalue weighted by atomic mass is 10.5. The van der Waals surface area contributed by atoms with Crippen LogP contribution in [0.15, 0.2) is 23.5 Å². The van der Waals surface area contributed by atoms with Crippen LogP contribution in [0.4, 0.5) is 5.82 Å². The third kappa shape index (κ3) is 2.15. The first-order chi connectivity index (χ1) is 7.72. The Morgan fingerprint density at radius 3 is 2.81 bits per heavy atom. The summed E-state index contributed by atoms with van der Waals surface area (Å²) in [5.41, 5.74) is 3.45. The number of anilines is 1. The molecule has 3 N–H and O–H groups in total. The predicted octanol–water partition coefficient (Wildman–Crippen LogP) is 0.978. The highest BCUT2D eigenvalue weighted by Gasteiger charge is 2.05. The van der Waals surface area contributed by atoms with Crippen molar-refractivity contribution in [3.63, 3.8) is 0 Å². The molecule has 2 heterocycles. The van der Waals surface area contributed by atoms with Gasteiger partial charge in [-0.25, -0.2) is 20.5 Å². The number of nitrogens with one attached hydrogen (secondary N) is 1. The first kappa shape index (κ1) is 10.9. The molecule has 0 aliphatic carbocycles. The van der Waals surface area contributed by atoms with Crippen LogP contribution in [0, 0.1) is 6.92 Å². The van der Waals surface area contributed by atoms with Crippen LogP contribution >= 0.6 is 11.8 Å². The summed E-state index contributed by atoms with van der Waals surface area (Å²) in [7, 11) is 0. The highest BCUT2D eigenvalue weighted by atomic mass is 32.2. The van der Waals surface area contributed by atoms with Gasteiger partial charge in [-0.3, -0.25) is 0 Å². The topological polar surface area (TPSA) is 81.6 Å². The van der Waals surface area contributed by atoms with Gasteiger partial charge in [0.25, 0.3) is 0 Å². The van der Waals surface area contributed by atoms with Crippen LogP contribution in [0.2, 0.25) is 0 Å². The van der Waals surface area contributed by atoms with E-state index in [-0.39, 0.29) is 0 Å². The molecule has 0 bridgehead atoms. The Morgan fingerprint density at radius 1 is 1.44 bits per heavy atom. The third-order valence-corrected chi connectivity index (χ3v) is 2.53. The van der Waals surface area contributed by atoms with Crippen molar-refractivity contribution in [2.75, 3.05) is 11.7 Å². The maximum absolute atomic E-state index is 5.35. The lowest BCUT2D eigenvalue weighted by molar-refractivity contribution is 0.798. The van der Waals surface area contributed by atoms with E-state index in [1.165, 1.54) is 11.8 Å². The lowest BCUT2D eigenvalue weighted by Crippen LogP contribution is -2.11. The molecule has 16 heavy (non-hydrogen) atoms. The van der Waals surface area contributed by atoms with Gasteiger partial charge in [0.15, 0.2) is 11.0 Å². The van der Waals surface area contributed by atoms with Crippen molar-refractivity contribution in [3.05, 3.63) is 24.0 Å². The van der Waals surface area contributed by atoms with Crippen LogP contribution in [0.3, 0.4) is 0 Å². The Labute approximate surface area is 97.2 Å². The molecule has 0 aliphatic rings. The van der Waals surface area contributed by atoms with Gasteiger partial charge >= 0.3 is 0 Å². The fraction of sp³-hybridized carbons (Fsp3) is 0.222. The number of nitrogen functional groups attached to an aromatic ring is 1. The zero-order chi connectivity index (χ0) is 11.5. The molecule has 84 valence electrons. The molecule has 2 aromatic heterocycles. The van der Waals surface area contributed by atoms with Gasteiger partial charge in [-0.2, -0.15) is 5.10 Å². The number of rotatable bonds is 3. The Hall–Kier alpha value is -1.60. The van der Waals surface area contributed by atoms with E-state index in [1.54, 1.807) is 10.7 Å². The maximum atomic E-state index is 5.35. The minimum absolute atomic E-state index is 0.572. The quantitative estimate of drug-likeness (QED) is 0.358. The van der Waals surface area contributed by atoms with Crippen LogP contribution in [0.25, 0.3) is 5.82 Å². The summed E-state index contributed by atoms with van der Waals surface area (Å²) in [6.07, 6.45) is 3.76. The summed E-state index contributed by atoms with van der Waals surface area (Å²) in [6, 6.07) is 3.66. The van der Waals surface area contributed by atoms with Crippen LogP contribution < -0.4 is 11.3 Å². The van der Waals surface area contributed by atoms with Crippen molar-refractivity contribution < 1.29 is 0 Å². The highest BCUT2D eigenvalue weighted by Crippen LogP contribution is 2.15. The number of thioether (sulfide) groups is 1. The van der Waals surface area contributed by atoms with E-state index in [1.807, 2.05) is 25.4 Å². The van der Waals surface area contributed by atoms with Crippen molar-refractivity contribution in [1.82, 2.24) is 19.7 Å². The second-order valence-electron chi connectivity index (χ2n) is 3.14. The SMILES string of the molecule is CSc1nc(NN)cc(-n2ccc(C)n2)n1. The molecule has 6 nitrogen and oxygen atoms in total. The van der Waals surface area contributed by atoms with Gasteiger partial charge in [-0.15, -0.1) is 0 Å². The highest BCUT2D eigenvalue weighted by molar-refractivity contribution is 7.98. The number of hydrazine groups is 1. The maximum Gasteiger partial charge on any atom is 0.191 e. The zero-order valence-corrected chi connectivity index (χ0v) is 9.82. The van der Waals surface area contributed by atoms with E-state index in [0.717, 1.165) is 5.69 Å². The van der Waals surface area contributed by atoms with Gasteiger partial charge in [-0.05, 0) is 19.2 Å². The van der Waals surface area contributed by atoms with Crippen LogP contribution in [-0.2, 0) is 0 Å².